The van der Waals surface area contributed by atoms with Crippen molar-refractivity contribution in [3.8, 4) is 17.0 Å². The standard InChI is InChI=1S/C31H31FN6O4/c1-17-21-6-4-3-5-18(21)10-12-37(17)30(39)23-13-24(19-7-8-19)38-27(33-23)14-22(35-38)28-25(42-2)15-26(34-29(28)32)36-11-9-20(16-36)31(40)41/h3-6,13-15,17,19-20H,7-12,16H2,1-2H3,(H,40,41)/t17-,20?/m1/s1. The number of carboxylic acid groups (broad SMARTS) is 1. The highest BCUT2D eigenvalue weighted by Gasteiger charge is 2.34. The Bertz CT molecular complexity index is 1730. The number of methoxy groups -OCH3 is 1. The lowest BCUT2D eigenvalue weighted by Gasteiger charge is -2.35. The van der Waals surface area contributed by atoms with Crippen molar-refractivity contribution >= 4 is 23.3 Å². The van der Waals surface area contributed by atoms with Crippen LogP contribution in [0.3, 0.4) is 0 Å². The lowest BCUT2D eigenvalue weighted by molar-refractivity contribution is -0.140. The van der Waals surface area contributed by atoms with Gasteiger partial charge in [-0.25, -0.2) is 14.5 Å². The number of amides is 1. The summed E-state index contributed by atoms with van der Waals surface area (Å²) in [4.78, 5) is 37.7. The number of anilines is 1. The van der Waals surface area contributed by atoms with Crippen LogP contribution >= 0.6 is 0 Å². The van der Waals surface area contributed by atoms with Crippen molar-refractivity contribution in [2.45, 2.75) is 44.6 Å². The summed E-state index contributed by atoms with van der Waals surface area (Å²) in [5.41, 5.74) is 4.49. The minimum atomic E-state index is -0.873. The summed E-state index contributed by atoms with van der Waals surface area (Å²) >= 11 is 0. The normalized spacial score (nSPS) is 20.2. The van der Waals surface area contributed by atoms with Gasteiger partial charge in [0, 0.05) is 43.4 Å². The predicted octanol–water partition coefficient (Wildman–Crippen LogP) is 4.49. The van der Waals surface area contributed by atoms with E-state index in [1.54, 1.807) is 21.5 Å². The van der Waals surface area contributed by atoms with Crippen molar-refractivity contribution in [1.29, 1.82) is 0 Å². The van der Waals surface area contributed by atoms with E-state index in [1.165, 1.54) is 12.7 Å². The largest absolute Gasteiger partial charge is 0.496 e. The molecule has 1 aromatic carbocycles. The highest BCUT2D eigenvalue weighted by atomic mass is 19.1. The van der Waals surface area contributed by atoms with Gasteiger partial charge in [0.25, 0.3) is 5.91 Å². The first-order valence-electron chi connectivity index (χ1n) is 14.3. The Hall–Kier alpha value is -4.54. The average Bonchev–Trinajstić information content (AvgIpc) is 3.54. The molecular formula is C31H31FN6O4. The Kier molecular flexibility index (Phi) is 6.32. The smallest absolute Gasteiger partial charge is 0.308 e. The van der Waals surface area contributed by atoms with Crippen molar-refractivity contribution in [3.05, 3.63) is 70.9 Å². The van der Waals surface area contributed by atoms with E-state index >= 15 is 4.39 Å². The molecule has 2 aliphatic heterocycles. The summed E-state index contributed by atoms with van der Waals surface area (Å²) in [6.07, 6.45) is 3.22. The van der Waals surface area contributed by atoms with E-state index in [0.717, 1.165) is 30.5 Å². The molecule has 216 valence electrons. The van der Waals surface area contributed by atoms with Crippen molar-refractivity contribution in [1.82, 2.24) is 24.5 Å². The fourth-order valence-corrected chi connectivity index (χ4v) is 6.30. The maximum absolute atomic E-state index is 15.6. The third-order valence-electron chi connectivity index (χ3n) is 8.79. The second-order valence-electron chi connectivity index (χ2n) is 11.4. The lowest BCUT2D eigenvalue weighted by atomic mass is 9.93. The van der Waals surface area contributed by atoms with Crippen LogP contribution in [0.25, 0.3) is 16.9 Å². The number of carbonyl (C=O) groups excluding carboxylic acids is 1. The molecule has 1 saturated carbocycles. The molecule has 2 fully saturated rings. The molecule has 3 aromatic heterocycles. The summed E-state index contributed by atoms with van der Waals surface area (Å²) in [5.74, 6) is -1.49. The van der Waals surface area contributed by atoms with Crippen LogP contribution in [0.15, 0.2) is 42.5 Å². The zero-order valence-electron chi connectivity index (χ0n) is 23.5. The Morgan fingerprint density at radius 2 is 1.88 bits per heavy atom. The zero-order valence-corrected chi connectivity index (χ0v) is 23.5. The van der Waals surface area contributed by atoms with E-state index in [1.807, 2.05) is 30.0 Å². The van der Waals surface area contributed by atoms with Gasteiger partial charge >= 0.3 is 5.97 Å². The van der Waals surface area contributed by atoms with Crippen LogP contribution in [0, 0.1) is 11.9 Å². The van der Waals surface area contributed by atoms with Crippen LogP contribution in [0.1, 0.15) is 65.5 Å². The van der Waals surface area contributed by atoms with Gasteiger partial charge in [0.2, 0.25) is 5.95 Å². The first-order valence-corrected chi connectivity index (χ1v) is 14.3. The second-order valence-corrected chi connectivity index (χ2v) is 11.4. The van der Waals surface area contributed by atoms with Crippen molar-refractivity contribution in [3.63, 3.8) is 0 Å². The molecule has 11 heteroatoms. The molecule has 1 N–H and O–H groups in total. The van der Waals surface area contributed by atoms with Crippen LogP contribution in [0.2, 0.25) is 0 Å². The number of carbonyl (C=O) groups is 2. The number of carboxylic acids is 1. The van der Waals surface area contributed by atoms with Gasteiger partial charge in [0.05, 0.1) is 24.6 Å². The third-order valence-corrected chi connectivity index (χ3v) is 8.79. The fourth-order valence-electron chi connectivity index (χ4n) is 6.30. The zero-order chi connectivity index (χ0) is 29.1. The molecule has 5 heterocycles. The van der Waals surface area contributed by atoms with Crippen LogP contribution in [0.5, 0.6) is 5.75 Å². The number of fused-ring (bicyclic) bond motifs is 2. The molecule has 1 aliphatic carbocycles. The minimum Gasteiger partial charge on any atom is -0.496 e. The molecule has 2 atom stereocenters. The molecule has 4 aromatic rings. The van der Waals surface area contributed by atoms with Crippen molar-refractivity contribution in [2.24, 2.45) is 5.92 Å². The summed E-state index contributed by atoms with van der Waals surface area (Å²) < 4.78 is 22.9. The van der Waals surface area contributed by atoms with Gasteiger partial charge in [0.1, 0.15) is 23.0 Å². The van der Waals surface area contributed by atoms with Gasteiger partial charge < -0.3 is 19.6 Å². The van der Waals surface area contributed by atoms with Crippen LogP contribution in [-0.2, 0) is 11.2 Å². The van der Waals surface area contributed by atoms with Crippen LogP contribution in [-0.4, -0.2) is 68.2 Å². The molecule has 10 nitrogen and oxygen atoms in total. The number of benzene rings is 1. The molecular weight excluding hydrogens is 539 g/mol. The molecule has 3 aliphatic rings. The molecule has 1 saturated heterocycles. The van der Waals surface area contributed by atoms with E-state index in [0.29, 0.717) is 42.4 Å². The molecule has 1 unspecified atom stereocenters. The van der Waals surface area contributed by atoms with Crippen molar-refractivity contribution in [2.75, 3.05) is 31.6 Å². The average molecular weight is 571 g/mol. The number of hydrogen-bond acceptors (Lipinski definition) is 7. The van der Waals surface area contributed by atoms with E-state index in [2.05, 4.69) is 17.1 Å². The fraction of sp³-hybridized carbons (Fsp3) is 0.387. The molecule has 0 bridgehead atoms. The first kappa shape index (κ1) is 26.4. The summed E-state index contributed by atoms with van der Waals surface area (Å²) in [6.45, 7) is 3.37. The minimum absolute atomic E-state index is 0.0744. The number of aromatic nitrogens is 4. The number of halogens is 1. The number of pyridine rings is 1. The van der Waals surface area contributed by atoms with Gasteiger partial charge in [-0.2, -0.15) is 9.49 Å². The number of nitrogens with zero attached hydrogens (tertiary/aromatic N) is 6. The number of ether oxygens (including phenoxy) is 1. The monoisotopic (exact) mass is 570 g/mol. The van der Waals surface area contributed by atoms with Gasteiger partial charge in [-0.1, -0.05) is 24.3 Å². The summed E-state index contributed by atoms with van der Waals surface area (Å²) in [6, 6.07) is 13.3. The Labute approximate surface area is 241 Å². The van der Waals surface area contributed by atoms with E-state index in [-0.39, 0.29) is 35.7 Å². The van der Waals surface area contributed by atoms with Gasteiger partial charge in [-0.3, -0.25) is 9.59 Å². The van der Waals surface area contributed by atoms with Crippen LogP contribution in [0.4, 0.5) is 10.2 Å². The Morgan fingerprint density at radius 1 is 1.07 bits per heavy atom. The van der Waals surface area contributed by atoms with Gasteiger partial charge in [0.15, 0.2) is 5.65 Å². The molecule has 0 radical (unpaired) electrons. The number of hydrogen-bond donors (Lipinski definition) is 1. The number of aliphatic carboxylic acids is 1. The van der Waals surface area contributed by atoms with Gasteiger partial charge in [-0.05, 0) is 49.8 Å². The second kappa shape index (κ2) is 10.1. The van der Waals surface area contributed by atoms with E-state index in [9.17, 15) is 14.7 Å². The number of rotatable bonds is 6. The molecule has 7 rings (SSSR count). The van der Waals surface area contributed by atoms with E-state index in [4.69, 9.17) is 14.8 Å². The Morgan fingerprint density at radius 3 is 2.62 bits per heavy atom. The lowest BCUT2D eigenvalue weighted by Crippen LogP contribution is -2.39. The Balaban J connectivity index is 1.25. The summed E-state index contributed by atoms with van der Waals surface area (Å²) in [5, 5.41) is 14.1. The van der Waals surface area contributed by atoms with E-state index < -0.39 is 17.8 Å². The molecule has 42 heavy (non-hydrogen) atoms. The maximum Gasteiger partial charge on any atom is 0.308 e. The molecule has 1 amide bonds. The molecule has 0 spiro atoms. The highest BCUT2D eigenvalue weighted by Crippen LogP contribution is 2.42. The summed E-state index contributed by atoms with van der Waals surface area (Å²) in [7, 11) is 1.45. The van der Waals surface area contributed by atoms with Gasteiger partial charge in [-0.15, -0.1) is 0 Å². The predicted molar refractivity (Wildman–Crippen MR) is 152 cm³/mol. The quantitative estimate of drug-likeness (QED) is 0.338. The van der Waals surface area contributed by atoms with Crippen molar-refractivity contribution < 1.29 is 23.8 Å². The highest BCUT2D eigenvalue weighted by molar-refractivity contribution is 5.93. The maximum atomic E-state index is 15.6. The topological polar surface area (TPSA) is 113 Å². The van der Waals surface area contributed by atoms with Crippen LogP contribution < -0.4 is 9.64 Å². The SMILES string of the molecule is COc1cc(N2CCC(C(=O)O)C2)nc(F)c1-c1cc2nc(C(=O)N3CCc4ccccc4[C@H]3C)cc(C3CC3)n2n1. The third kappa shape index (κ3) is 4.43. The first-order chi connectivity index (χ1) is 20.3.